The number of para-hydroxylation sites is 4. The normalized spacial score (nSPS) is 18.5. The van der Waals surface area contributed by atoms with Crippen molar-refractivity contribution in [3.05, 3.63) is 119 Å². The number of amides is 2. The molecule has 3 heterocycles. The van der Waals surface area contributed by atoms with E-state index in [4.69, 9.17) is 9.47 Å². The number of piperazine rings is 1. The zero-order chi connectivity index (χ0) is 31.3. The second-order valence-electron chi connectivity index (χ2n) is 12.5. The maximum atomic E-state index is 13.4. The fourth-order valence-electron chi connectivity index (χ4n) is 7.15. The summed E-state index contributed by atoms with van der Waals surface area (Å²) in [6.07, 6.45) is 1.90. The summed E-state index contributed by atoms with van der Waals surface area (Å²) in [6, 6.07) is 31.3. The predicted octanol–water partition coefficient (Wildman–Crippen LogP) is 2.66. The summed E-state index contributed by atoms with van der Waals surface area (Å²) >= 11 is 0. The zero-order valence-electron chi connectivity index (χ0n) is 26.1. The molecule has 3 aliphatic rings. The third kappa shape index (κ3) is 6.36. The average Bonchev–Trinajstić information content (AvgIpc) is 3.10. The summed E-state index contributed by atoms with van der Waals surface area (Å²) in [5, 5.41) is 6.41. The minimum atomic E-state index is -0.353. The van der Waals surface area contributed by atoms with E-state index < -0.39 is 0 Å². The molecule has 0 bridgehead atoms. The molecule has 1 fully saturated rings. The highest BCUT2D eigenvalue weighted by Gasteiger charge is 2.33. The van der Waals surface area contributed by atoms with Crippen LogP contribution in [0.15, 0.2) is 97.1 Å². The number of hydrogen-bond acceptors (Lipinski definition) is 4. The highest BCUT2D eigenvalue weighted by molar-refractivity contribution is 5.90. The molecule has 0 saturated carbocycles. The monoisotopic (exact) mass is 618 g/mol. The topological polar surface area (TPSA) is 85.5 Å². The molecule has 0 radical (unpaired) electrons. The van der Waals surface area contributed by atoms with Gasteiger partial charge in [-0.25, -0.2) is 0 Å². The standard InChI is InChI=1S/C38H40N4O4/c43-37(35-27-11-1-5-15-31(27)45-32-16-6-2-12-28(32)35)39-19-9-21-41-23-25-42(26-24-41)22-10-20-40-38(44)36-29-13-3-7-17-33(29)46-34-18-8-4-14-30(34)36/h1-8,11-18,35-36H,9-10,19-26H2,(H,39,43)(H,40,44)/p+2. The van der Waals surface area contributed by atoms with Gasteiger partial charge in [-0.1, -0.05) is 72.8 Å². The van der Waals surface area contributed by atoms with Gasteiger partial charge in [0.05, 0.1) is 24.9 Å². The van der Waals surface area contributed by atoms with Crippen molar-refractivity contribution in [3.63, 3.8) is 0 Å². The van der Waals surface area contributed by atoms with Crippen LogP contribution in [0.1, 0.15) is 46.9 Å². The van der Waals surface area contributed by atoms with E-state index in [0.29, 0.717) is 13.1 Å². The number of nitrogens with one attached hydrogen (secondary N) is 4. The SMILES string of the molecule is O=C(NCCC[NH+]1CC[NH+](CCCNC(=O)C2c3ccccc3Oc3ccccc32)CC1)C1c2ccccc2Oc2ccccc21. The largest absolute Gasteiger partial charge is 0.457 e. The first-order valence-corrected chi connectivity index (χ1v) is 16.6. The van der Waals surface area contributed by atoms with Crippen LogP contribution in [0, 0.1) is 0 Å². The van der Waals surface area contributed by atoms with Crippen molar-refractivity contribution in [2.45, 2.75) is 24.7 Å². The molecule has 4 aromatic carbocycles. The summed E-state index contributed by atoms with van der Waals surface area (Å²) in [6.45, 7) is 7.97. The number of quaternary nitrogens is 2. The Hall–Kier alpha value is -4.66. The molecular weight excluding hydrogens is 576 g/mol. The number of hydrogen-bond donors (Lipinski definition) is 4. The Morgan fingerprint density at radius 3 is 1.15 bits per heavy atom. The van der Waals surface area contributed by atoms with Gasteiger partial charge in [0.25, 0.3) is 0 Å². The molecule has 2 amide bonds. The maximum absolute atomic E-state index is 13.4. The molecule has 3 aliphatic heterocycles. The van der Waals surface area contributed by atoms with Crippen molar-refractivity contribution in [2.75, 3.05) is 52.4 Å². The van der Waals surface area contributed by atoms with E-state index in [9.17, 15) is 9.59 Å². The minimum absolute atomic E-state index is 0.0322. The molecule has 1 saturated heterocycles. The average molecular weight is 619 g/mol. The number of ether oxygens (including phenoxy) is 2. The summed E-state index contributed by atoms with van der Waals surface area (Å²) < 4.78 is 12.1. The van der Waals surface area contributed by atoms with Gasteiger partial charge in [0.15, 0.2) is 0 Å². The van der Waals surface area contributed by atoms with E-state index in [2.05, 4.69) is 10.6 Å². The van der Waals surface area contributed by atoms with Gasteiger partial charge in [-0.15, -0.1) is 0 Å². The predicted molar refractivity (Wildman–Crippen MR) is 176 cm³/mol. The molecule has 0 unspecified atom stereocenters. The third-order valence-electron chi connectivity index (χ3n) is 9.56. The highest BCUT2D eigenvalue weighted by atomic mass is 16.5. The van der Waals surface area contributed by atoms with E-state index in [0.717, 1.165) is 97.4 Å². The number of rotatable bonds is 10. The Bertz CT molecular complexity index is 1480. The molecule has 0 aromatic heterocycles. The van der Waals surface area contributed by atoms with Crippen molar-refractivity contribution in [2.24, 2.45) is 0 Å². The van der Waals surface area contributed by atoms with Crippen molar-refractivity contribution >= 4 is 11.8 Å². The summed E-state index contributed by atoms with van der Waals surface area (Å²) in [7, 11) is 0. The van der Waals surface area contributed by atoms with Gasteiger partial charge in [0.2, 0.25) is 11.8 Å². The lowest BCUT2D eigenvalue weighted by atomic mass is 9.87. The molecule has 0 atom stereocenters. The van der Waals surface area contributed by atoms with Gasteiger partial charge in [-0.2, -0.15) is 0 Å². The second-order valence-corrected chi connectivity index (χ2v) is 12.5. The van der Waals surface area contributed by atoms with Crippen molar-refractivity contribution in [1.29, 1.82) is 0 Å². The van der Waals surface area contributed by atoms with Gasteiger partial charge in [0.1, 0.15) is 49.2 Å². The first-order chi connectivity index (χ1) is 22.7. The molecule has 0 spiro atoms. The van der Waals surface area contributed by atoms with Crippen LogP contribution in [0.4, 0.5) is 0 Å². The van der Waals surface area contributed by atoms with E-state index in [-0.39, 0.29) is 23.7 Å². The lowest BCUT2D eigenvalue weighted by molar-refractivity contribution is -1.01. The van der Waals surface area contributed by atoms with Gasteiger partial charge in [-0.05, 0) is 24.3 Å². The van der Waals surface area contributed by atoms with Gasteiger partial charge >= 0.3 is 0 Å². The summed E-state index contributed by atoms with van der Waals surface area (Å²) in [5.74, 6) is 2.37. The molecule has 236 valence electrons. The third-order valence-corrected chi connectivity index (χ3v) is 9.56. The molecule has 8 heteroatoms. The molecule has 46 heavy (non-hydrogen) atoms. The van der Waals surface area contributed by atoms with Crippen molar-refractivity contribution in [3.8, 4) is 23.0 Å². The first-order valence-electron chi connectivity index (χ1n) is 16.6. The lowest BCUT2D eigenvalue weighted by Crippen LogP contribution is -3.28. The number of fused-ring (bicyclic) bond motifs is 4. The van der Waals surface area contributed by atoms with Crippen LogP contribution in [0.25, 0.3) is 0 Å². The van der Waals surface area contributed by atoms with Crippen molar-refractivity contribution in [1.82, 2.24) is 10.6 Å². The molecule has 4 aromatic rings. The lowest BCUT2D eigenvalue weighted by Gasteiger charge is -2.30. The minimum Gasteiger partial charge on any atom is -0.457 e. The Labute approximate surface area is 270 Å². The number of benzene rings is 4. The van der Waals surface area contributed by atoms with E-state index in [1.165, 1.54) is 0 Å². The van der Waals surface area contributed by atoms with E-state index in [1.54, 1.807) is 9.80 Å². The Kier molecular flexibility index (Phi) is 8.98. The van der Waals surface area contributed by atoms with Crippen molar-refractivity contribution < 1.29 is 28.9 Å². The van der Waals surface area contributed by atoms with Gasteiger partial charge < -0.3 is 29.9 Å². The van der Waals surface area contributed by atoms with Gasteiger partial charge in [-0.3, -0.25) is 9.59 Å². The van der Waals surface area contributed by atoms with Crippen LogP contribution in [0.2, 0.25) is 0 Å². The molecule has 8 nitrogen and oxygen atoms in total. The van der Waals surface area contributed by atoms with Crippen LogP contribution >= 0.6 is 0 Å². The highest BCUT2D eigenvalue weighted by Crippen LogP contribution is 2.45. The number of carbonyl (C=O) groups excluding carboxylic acids is 2. The zero-order valence-corrected chi connectivity index (χ0v) is 26.1. The Morgan fingerprint density at radius 1 is 0.522 bits per heavy atom. The maximum Gasteiger partial charge on any atom is 0.232 e. The molecule has 0 aliphatic carbocycles. The molecular formula is C38H42N4O4+2. The fourth-order valence-corrected chi connectivity index (χ4v) is 7.15. The molecule has 4 N–H and O–H groups in total. The Balaban J connectivity index is 0.821. The Morgan fingerprint density at radius 2 is 0.826 bits per heavy atom. The van der Waals surface area contributed by atoms with Crippen LogP contribution in [-0.2, 0) is 9.59 Å². The quantitative estimate of drug-likeness (QED) is 0.206. The second kappa shape index (κ2) is 13.8. The van der Waals surface area contributed by atoms with Crippen LogP contribution in [0.3, 0.4) is 0 Å². The van der Waals surface area contributed by atoms with Crippen LogP contribution < -0.4 is 29.9 Å². The van der Waals surface area contributed by atoms with E-state index >= 15 is 0 Å². The fraction of sp³-hybridized carbons (Fsp3) is 0.316. The van der Waals surface area contributed by atoms with Gasteiger partial charge in [0, 0.05) is 48.2 Å². The molecule has 7 rings (SSSR count). The van der Waals surface area contributed by atoms with Crippen LogP contribution in [-0.4, -0.2) is 64.2 Å². The van der Waals surface area contributed by atoms with Crippen LogP contribution in [0.5, 0.6) is 23.0 Å². The summed E-state index contributed by atoms with van der Waals surface area (Å²) in [4.78, 5) is 30.0. The van der Waals surface area contributed by atoms with E-state index in [1.807, 2.05) is 97.1 Å². The summed E-state index contributed by atoms with van der Waals surface area (Å²) in [5.41, 5.74) is 3.67. The first kappa shape index (κ1) is 30.0. The number of carbonyl (C=O) groups is 2. The smallest absolute Gasteiger partial charge is 0.232 e.